The summed E-state index contributed by atoms with van der Waals surface area (Å²) in [7, 11) is 0. The molecule has 3 heterocycles. The zero-order chi connectivity index (χ0) is 17.2. The van der Waals surface area contributed by atoms with E-state index in [-0.39, 0.29) is 5.41 Å². The number of nitrogens with one attached hydrogen (secondary N) is 1. The van der Waals surface area contributed by atoms with Crippen LogP contribution < -0.4 is 5.32 Å². The fourth-order valence-electron chi connectivity index (χ4n) is 3.30. The smallest absolute Gasteiger partial charge is 0.150 e. The lowest BCUT2D eigenvalue weighted by molar-refractivity contribution is 0.175. The van der Waals surface area contributed by atoms with E-state index in [4.69, 9.17) is 4.98 Å². The van der Waals surface area contributed by atoms with Gasteiger partial charge in [0.25, 0.3) is 0 Å². The van der Waals surface area contributed by atoms with E-state index >= 15 is 0 Å². The SMILES string of the molecule is Cc1cccnc1Nc1cncc([C@@H]2CCCN2CC(C)(C)C)n1. The highest BCUT2D eigenvalue weighted by Crippen LogP contribution is 2.33. The van der Waals surface area contributed by atoms with E-state index in [0.717, 1.165) is 42.4 Å². The molecule has 0 saturated carbocycles. The summed E-state index contributed by atoms with van der Waals surface area (Å²) in [5.41, 5.74) is 2.44. The van der Waals surface area contributed by atoms with Gasteiger partial charge < -0.3 is 5.32 Å². The zero-order valence-electron chi connectivity index (χ0n) is 15.1. The van der Waals surface area contributed by atoms with Gasteiger partial charge in [0.15, 0.2) is 0 Å². The Bertz CT molecular complexity index is 692. The number of pyridine rings is 1. The first-order valence-corrected chi connectivity index (χ1v) is 8.67. The first-order valence-electron chi connectivity index (χ1n) is 8.67. The number of aromatic nitrogens is 3. The molecular weight excluding hydrogens is 298 g/mol. The lowest BCUT2D eigenvalue weighted by Gasteiger charge is -2.30. The van der Waals surface area contributed by atoms with E-state index in [9.17, 15) is 0 Å². The Kier molecular flexibility index (Phi) is 4.81. The maximum Gasteiger partial charge on any atom is 0.150 e. The minimum atomic E-state index is 0.289. The van der Waals surface area contributed by atoms with Gasteiger partial charge in [-0.1, -0.05) is 26.8 Å². The van der Waals surface area contributed by atoms with Crippen LogP contribution in [-0.2, 0) is 0 Å². The minimum absolute atomic E-state index is 0.289. The average molecular weight is 325 g/mol. The third kappa shape index (κ3) is 4.09. The third-order valence-corrected chi connectivity index (χ3v) is 4.29. The summed E-state index contributed by atoms with van der Waals surface area (Å²) < 4.78 is 0. The van der Waals surface area contributed by atoms with E-state index in [0.29, 0.717) is 6.04 Å². The van der Waals surface area contributed by atoms with E-state index in [2.05, 4.69) is 41.0 Å². The van der Waals surface area contributed by atoms with Crippen molar-refractivity contribution in [3.63, 3.8) is 0 Å². The highest BCUT2D eigenvalue weighted by molar-refractivity contribution is 5.54. The van der Waals surface area contributed by atoms with Crippen LogP contribution in [0.25, 0.3) is 0 Å². The predicted octanol–water partition coefficient (Wildman–Crippen LogP) is 4.11. The van der Waals surface area contributed by atoms with Gasteiger partial charge in [-0.05, 0) is 43.4 Å². The van der Waals surface area contributed by atoms with E-state index < -0.39 is 0 Å². The second kappa shape index (κ2) is 6.85. The van der Waals surface area contributed by atoms with Crippen LogP contribution in [-0.4, -0.2) is 32.9 Å². The molecule has 0 unspecified atom stereocenters. The summed E-state index contributed by atoms with van der Waals surface area (Å²) in [5.74, 6) is 1.60. The van der Waals surface area contributed by atoms with Crippen molar-refractivity contribution in [2.45, 2.75) is 46.6 Å². The third-order valence-electron chi connectivity index (χ3n) is 4.29. The molecule has 0 radical (unpaired) electrons. The monoisotopic (exact) mass is 325 g/mol. The molecule has 1 saturated heterocycles. The van der Waals surface area contributed by atoms with E-state index in [1.165, 1.54) is 6.42 Å². The molecule has 2 aromatic rings. The Labute approximate surface area is 144 Å². The number of aryl methyl sites for hydroxylation is 1. The van der Waals surface area contributed by atoms with E-state index in [1.54, 1.807) is 12.4 Å². The van der Waals surface area contributed by atoms with E-state index in [1.807, 2.05) is 25.3 Å². The zero-order valence-corrected chi connectivity index (χ0v) is 15.1. The summed E-state index contributed by atoms with van der Waals surface area (Å²) in [5, 5.41) is 3.30. The van der Waals surface area contributed by atoms with Gasteiger partial charge in [0.2, 0.25) is 0 Å². The van der Waals surface area contributed by atoms with Crippen LogP contribution in [0.4, 0.5) is 11.6 Å². The molecule has 128 valence electrons. The molecule has 5 nitrogen and oxygen atoms in total. The maximum absolute atomic E-state index is 4.82. The van der Waals surface area contributed by atoms with Crippen LogP contribution in [0, 0.1) is 12.3 Å². The summed E-state index contributed by atoms with van der Waals surface area (Å²) >= 11 is 0. The molecule has 1 aliphatic rings. The quantitative estimate of drug-likeness (QED) is 0.917. The molecular formula is C19H27N5. The molecule has 0 spiro atoms. The van der Waals surface area contributed by atoms with Gasteiger partial charge in [0, 0.05) is 12.7 Å². The molecule has 0 aromatic carbocycles. The van der Waals surface area contributed by atoms with Crippen LogP contribution in [0.2, 0.25) is 0 Å². The van der Waals surface area contributed by atoms with Crippen LogP contribution in [0.15, 0.2) is 30.7 Å². The predicted molar refractivity (Wildman–Crippen MR) is 97.3 cm³/mol. The van der Waals surface area contributed by atoms with Crippen molar-refractivity contribution in [1.29, 1.82) is 0 Å². The van der Waals surface area contributed by atoms with Crippen molar-refractivity contribution in [3.05, 3.63) is 42.0 Å². The standard InChI is InChI=1S/C19H27N5/c1-14-7-5-9-21-18(14)23-17-12-20-11-15(22-17)16-8-6-10-24(16)13-19(2,3)4/h5,7,9,11-12,16H,6,8,10,13H2,1-4H3,(H,21,22,23)/t16-/m0/s1. The Balaban J connectivity index is 1.79. The Hall–Kier alpha value is -2.01. The number of hydrogen-bond donors (Lipinski definition) is 1. The molecule has 0 aliphatic carbocycles. The second-order valence-corrected chi connectivity index (χ2v) is 7.81. The van der Waals surface area contributed by atoms with Gasteiger partial charge in [0.05, 0.1) is 24.1 Å². The van der Waals surface area contributed by atoms with Gasteiger partial charge in [0.1, 0.15) is 11.6 Å². The first-order chi connectivity index (χ1) is 11.4. The molecule has 24 heavy (non-hydrogen) atoms. The van der Waals surface area contributed by atoms with Gasteiger partial charge in [-0.15, -0.1) is 0 Å². The molecule has 1 N–H and O–H groups in total. The van der Waals surface area contributed by atoms with Crippen molar-refractivity contribution in [3.8, 4) is 0 Å². The van der Waals surface area contributed by atoms with Crippen LogP contribution in [0.3, 0.4) is 0 Å². The van der Waals surface area contributed by atoms with Crippen molar-refractivity contribution in [2.24, 2.45) is 5.41 Å². The largest absolute Gasteiger partial charge is 0.323 e. The summed E-state index contributed by atoms with van der Waals surface area (Å²) in [6.07, 6.45) is 7.83. The molecule has 0 bridgehead atoms. The lowest BCUT2D eigenvalue weighted by Crippen LogP contribution is -2.32. The minimum Gasteiger partial charge on any atom is -0.323 e. The molecule has 3 rings (SSSR count). The Morgan fingerprint density at radius 3 is 2.88 bits per heavy atom. The highest BCUT2D eigenvalue weighted by atomic mass is 15.2. The van der Waals surface area contributed by atoms with Gasteiger partial charge in [-0.2, -0.15) is 0 Å². The van der Waals surface area contributed by atoms with Crippen molar-refractivity contribution >= 4 is 11.6 Å². The number of rotatable bonds is 4. The van der Waals surface area contributed by atoms with Gasteiger partial charge in [-0.3, -0.25) is 9.88 Å². The van der Waals surface area contributed by atoms with Crippen LogP contribution in [0.5, 0.6) is 0 Å². The molecule has 1 aliphatic heterocycles. The molecule has 1 atom stereocenters. The summed E-state index contributed by atoms with van der Waals surface area (Å²) in [6, 6.07) is 4.34. The molecule has 2 aromatic heterocycles. The number of nitrogens with zero attached hydrogens (tertiary/aromatic N) is 4. The summed E-state index contributed by atoms with van der Waals surface area (Å²) in [4.78, 5) is 16.1. The average Bonchev–Trinajstić information content (AvgIpc) is 2.96. The van der Waals surface area contributed by atoms with Crippen molar-refractivity contribution in [2.75, 3.05) is 18.4 Å². The van der Waals surface area contributed by atoms with Crippen LogP contribution >= 0.6 is 0 Å². The highest BCUT2D eigenvalue weighted by Gasteiger charge is 2.30. The fourth-order valence-corrected chi connectivity index (χ4v) is 3.30. The Morgan fingerprint density at radius 1 is 1.29 bits per heavy atom. The van der Waals surface area contributed by atoms with Gasteiger partial charge >= 0.3 is 0 Å². The second-order valence-electron chi connectivity index (χ2n) is 7.81. The first kappa shape index (κ1) is 16.8. The molecule has 0 amide bonds. The number of anilines is 2. The lowest BCUT2D eigenvalue weighted by atomic mass is 9.95. The number of hydrogen-bond acceptors (Lipinski definition) is 5. The van der Waals surface area contributed by atoms with Gasteiger partial charge in [-0.25, -0.2) is 9.97 Å². The van der Waals surface area contributed by atoms with Crippen LogP contribution in [0.1, 0.15) is 50.9 Å². The maximum atomic E-state index is 4.82. The topological polar surface area (TPSA) is 53.9 Å². The molecule has 5 heteroatoms. The number of likely N-dealkylation sites (tertiary alicyclic amines) is 1. The van der Waals surface area contributed by atoms with Crippen molar-refractivity contribution < 1.29 is 0 Å². The fraction of sp³-hybridized carbons (Fsp3) is 0.526. The normalized spacial score (nSPS) is 18.8. The molecule has 1 fully saturated rings. The van der Waals surface area contributed by atoms with Crippen molar-refractivity contribution in [1.82, 2.24) is 19.9 Å². The Morgan fingerprint density at radius 2 is 2.12 bits per heavy atom. The summed E-state index contributed by atoms with van der Waals surface area (Å²) in [6.45, 7) is 11.1.